The highest BCUT2D eigenvalue weighted by molar-refractivity contribution is 4.98. The summed E-state index contributed by atoms with van der Waals surface area (Å²) in [6.07, 6.45) is 0.231. The Morgan fingerprint density at radius 2 is 1.50 bits per heavy atom. The summed E-state index contributed by atoms with van der Waals surface area (Å²) in [5, 5.41) is 0. The van der Waals surface area contributed by atoms with Crippen LogP contribution in [-0.4, -0.2) is 29.5 Å². The lowest BCUT2D eigenvalue weighted by Gasteiger charge is -2.32. The SMILES string of the molecule is CC(C)(C)N1C[C@@H]2CC(F)(F)C[C@@H]2C1. The molecule has 0 unspecified atom stereocenters. The summed E-state index contributed by atoms with van der Waals surface area (Å²) >= 11 is 0. The van der Waals surface area contributed by atoms with Gasteiger partial charge in [0.2, 0.25) is 5.92 Å². The van der Waals surface area contributed by atoms with Crippen molar-refractivity contribution in [2.75, 3.05) is 13.1 Å². The maximum Gasteiger partial charge on any atom is 0.248 e. The summed E-state index contributed by atoms with van der Waals surface area (Å²) < 4.78 is 26.1. The Labute approximate surface area is 84.5 Å². The summed E-state index contributed by atoms with van der Waals surface area (Å²) in [4.78, 5) is 2.34. The zero-order valence-corrected chi connectivity index (χ0v) is 9.19. The highest BCUT2D eigenvalue weighted by Gasteiger charge is 2.51. The van der Waals surface area contributed by atoms with Gasteiger partial charge in [0.15, 0.2) is 0 Å². The molecule has 82 valence electrons. The van der Waals surface area contributed by atoms with Gasteiger partial charge < -0.3 is 0 Å². The first kappa shape index (κ1) is 10.3. The maximum absolute atomic E-state index is 13.1. The summed E-state index contributed by atoms with van der Waals surface area (Å²) in [6.45, 7) is 8.21. The van der Waals surface area contributed by atoms with E-state index >= 15 is 0 Å². The maximum atomic E-state index is 13.1. The largest absolute Gasteiger partial charge is 0.298 e. The van der Waals surface area contributed by atoms with Crippen LogP contribution in [0.5, 0.6) is 0 Å². The molecule has 0 aromatic carbocycles. The monoisotopic (exact) mass is 203 g/mol. The number of fused-ring (bicyclic) bond motifs is 1. The Hall–Kier alpha value is -0.180. The lowest BCUT2D eigenvalue weighted by Crippen LogP contribution is -2.40. The van der Waals surface area contributed by atoms with Gasteiger partial charge in [-0.15, -0.1) is 0 Å². The van der Waals surface area contributed by atoms with E-state index in [1.54, 1.807) is 0 Å². The van der Waals surface area contributed by atoms with E-state index in [0.717, 1.165) is 13.1 Å². The van der Waals surface area contributed by atoms with E-state index in [1.165, 1.54) is 0 Å². The molecule has 0 N–H and O–H groups in total. The molecule has 0 aromatic heterocycles. The van der Waals surface area contributed by atoms with E-state index in [0.29, 0.717) is 0 Å². The van der Waals surface area contributed by atoms with Gasteiger partial charge in [-0.2, -0.15) is 0 Å². The molecule has 0 amide bonds. The third kappa shape index (κ3) is 1.79. The van der Waals surface area contributed by atoms with E-state index in [-0.39, 0.29) is 30.2 Å². The van der Waals surface area contributed by atoms with E-state index in [9.17, 15) is 8.78 Å². The molecule has 1 saturated heterocycles. The Kier molecular flexibility index (Phi) is 2.15. The molecule has 1 aliphatic heterocycles. The second-order valence-electron chi connectivity index (χ2n) is 5.86. The Morgan fingerprint density at radius 1 is 1.07 bits per heavy atom. The van der Waals surface area contributed by atoms with Gasteiger partial charge in [0.25, 0.3) is 0 Å². The highest BCUT2D eigenvalue weighted by atomic mass is 19.3. The van der Waals surface area contributed by atoms with Crippen LogP contribution < -0.4 is 0 Å². The molecule has 2 rings (SSSR count). The molecular formula is C11H19F2N. The third-order valence-electron chi connectivity index (χ3n) is 3.65. The van der Waals surface area contributed by atoms with Crippen molar-refractivity contribution in [3.05, 3.63) is 0 Å². The highest BCUT2D eigenvalue weighted by Crippen LogP contribution is 2.47. The fraction of sp³-hybridized carbons (Fsp3) is 1.00. The Bertz CT molecular complexity index is 216. The standard InChI is InChI=1S/C11H19F2N/c1-10(2,3)14-6-8-4-11(12,13)5-9(8)7-14/h8-9H,4-7H2,1-3H3/t8-,9+. The molecule has 1 saturated carbocycles. The molecule has 0 bridgehead atoms. The number of halogens is 2. The van der Waals surface area contributed by atoms with E-state index in [4.69, 9.17) is 0 Å². The molecule has 14 heavy (non-hydrogen) atoms. The smallest absolute Gasteiger partial charge is 0.248 e. The van der Waals surface area contributed by atoms with Gasteiger partial charge in [0, 0.05) is 31.5 Å². The molecule has 1 nitrogen and oxygen atoms in total. The number of rotatable bonds is 0. The van der Waals surface area contributed by atoms with Crippen LogP contribution in [0.1, 0.15) is 33.6 Å². The van der Waals surface area contributed by atoms with Crippen LogP contribution in [-0.2, 0) is 0 Å². The first-order valence-corrected chi connectivity index (χ1v) is 5.41. The number of nitrogens with zero attached hydrogens (tertiary/aromatic N) is 1. The zero-order valence-electron chi connectivity index (χ0n) is 9.19. The first-order valence-electron chi connectivity index (χ1n) is 5.41. The van der Waals surface area contributed by atoms with Crippen LogP contribution in [0.2, 0.25) is 0 Å². The summed E-state index contributed by atoms with van der Waals surface area (Å²) in [5.74, 6) is -1.90. The predicted octanol–water partition coefficient (Wildman–Crippen LogP) is 2.76. The molecule has 0 spiro atoms. The number of hydrogen-bond donors (Lipinski definition) is 0. The van der Waals surface area contributed by atoms with Crippen LogP contribution in [0, 0.1) is 11.8 Å². The van der Waals surface area contributed by atoms with Gasteiger partial charge >= 0.3 is 0 Å². The molecule has 2 atom stereocenters. The van der Waals surface area contributed by atoms with Crippen molar-refractivity contribution in [1.29, 1.82) is 0 Å². The van der Waals surface area contributed by atoms with Gasteiger partial charge in [-0.3, -0.25) is 4.90 Å². The minimum Gasteiger partial charge on any atom is -0.298 e. The van der Waals surface area contributed by atoms with Crippen molar-refractivity contribution in [2.45, 2.75) is 45.1 Å². The van der Waals surface area contributed by atoms with Gasteiger partial charge in [-0.05, 0) is 32.6 Å². The van der Waals surface area contributed by atoms with Crippen molar-refractivity contribution < 1.29 is 8.78 Å². The van der Waals surface area contributed by atoms with Crippen molar-refractivity contribution in [2.24, 2.45) is 11.8 Å². The van der Waals surface area contributed by atoms with Crippen molar-refractivity contribution in [3.63, 3.8) is 0 Å². The molecule has 0 radical (unpaired) electrons. The average molecular weight is 203 g/mol. The van der Waals surface area contributed by atoms with Gasteiger partial charge in [0.1, 0.15) is 0 Å². The topological polar surface area (TPSA) is 3.24 Å². The lowest BCUT2D eigenvalue weighted by molar-refractivity contribution is -0.00612. The zero-order chi connectivity index (χ0) is 10.6. The Balaban J connectivity index is 2.00. The molecule has 1 heterocycles. The van der Waals surface area contributed by atoms with Gasteiger partial charge in [0.05, 0.1) is 0 Å². The van der Waals surface area contributed by atoms with Crippen molar-refractivity contribution in [3.8, 4) is 0 Å². The minimum atomic E-state index is -2.38. The van der Waals surface area contributed by atoms with Crippen LogP contribution in [0.25, 0.3) is 0 Å². The molecule has 2 fully saturated rings. The van der Waals surface area contributed by atoms with Gasteiger partial charge in [-0.1, -0.05) is 0 Å². The van der Waals surface area contributed by atoms with E-state index < -0.39 is 5.92 Å². The van der Waals surface area contributed by atoms with Crippen LogP contribution in [0.15, 0.2) is 0 Å². The lowest BCUT2D eigenvalue weighted by atomic mass is 10.0. The summed E-state index contributed by atoms with van der Waals surface area (Å²) in [5.41, 5.74) is 0.139. The summed E-state index contributed by atoms with van der Waals surface area (Å²) in [6, 6.07) is 0. The molecular weight excluding hydrogens is 184 g/mol. The third-order valence-corrected chi connectivity index (χ3v) is 3.65. The first-order chi connectivity index (χ1) is 6.28. The minimum absolute atomic E-state index is 0.115. The van der Waals surface area contributed by atoms with E-state index in [1.807, 2.05) is 0 Å². The fourth-order valence-electron chi connectivity index (χ4n) is 2.80. The Morgan fingerprint density at radius 3 is 1.86 bits per heavy atom. The quantitative estimate of drug-likeness (QED) is 0.585. The van der Waals surface area contributed by atoms with Crippen molar-refractivity contribution in [1.82, 2.24) is 4.90 Å². The fourth-order valence-corrected chi connectivity index (χ4v) is 2.80. The van der Waals surface area contributed by atoms with E-state index in [2.05, 4.69) is 25.7 Å². The molecule has 3 heteroatoms. The number of alkyl halides is 2. The van der Waals surface area contributed by atoms with Crippen LogP contribution in [0.4, 0.5) is 8.78 Å². The second-order valence-corrected chi connectivity index (χ2v) is 5.86. The molecule has 1 aliphatic carbocycles. The summed E-state index contributed by atoms with van der Waals surface area (Å²) in [7, 11) is 0. The van der Waals surface area contributed by atoms with Crippen molar-refractivity contribution >= 4 is 0 Å². The molecule has 0 aromatic rings. The predicted molar refractivity (Wildman–Crippen MR) is 52.5 cm³/mol. The average Bonchev–Trinajstić information content (AvgIpc) is 2.37. The second kappa shape index (κ2) is 2.91. The van der Waals surface area contributed by atoms with Gasteiger partial charge in [-0.25, -0.2) is 8.78 Å². The molecule has 2 aliphatic rings. The number of likely N-dealkylation sites (tertiary alicyclic amines) is 1. The van der Waals surface area contributed by atoms with Crippen LogP contribution >= 0.6 is 0 Å². The van der Waals surface area contributed by atoms with Crippen LogP contribution in [0.3, 0.4) is 0 Å². The number of hydrogen-bond acceptors (Lipinski definition) is 1. The normalized spacial score (nSPS) is 37.5.